The summed E-state index contributed by atoms with van der Waals surface area (Å²) in [6.45, 7) is 0. The topological polar surface area (TPSA) is 17.1 Å². The molecular formula is C19H13FeIO-6. The number of carbonyl (C=O) groups is 1. The summed E-state index contributed by atoms with van der Waals surface area (Å²) >= 11 is 2.28. The Morgan fingerprint density at radius 1 is 1.05 bits per heavy atom. The summed E-state index contributed by atoms with van der Waals surface area (Å²) in [6.07, 6.45) is 0.828. The number of halogens is 1. The van der Waals surface area contributed by atoms with Gasteiger partial charge in [-0.1, -0.05) is 29.8 Å². The van der Waals surface area contributed by atoms with Gasteiger partial charge in [0.1, 0.15) is 6.29 Å². The molecule has 1 nitrogen and oxygen atoms in total. The quantitative estimate of drug-likeness (QED) is 0.178. The minimum atomic E-state index is 0. The van der Waals surface area contributed by atoms with Crippen molar-refractivity contribution in [1.29, 1.82) is 0 Å². The summed E-state index contributed by atoms with van der Waals surface area (Å²) < 4.78 is 1.31. The van der Waals surface area contributed by atoms with E-state index in [2.05, 4.69) is 46.6 Å². The van der Waals surface area contributed by atoms with Gasteiger partial charge in [-0.3, -0.25) is 4.79 Å². The van der Waals surface area contributed by atoms with Crippen molar-refractivity contribution >= 4 is 28.9 Å². The molecule has 22 heavy (non-hydrogen) atoms. The summed E-state index contributed by atoms with van der Waals surface area (Å²) in [4.78, 5) is 10.4. The average Bonchev–Trinajstić information content (AvgIpc) is 3.20. The van der Waals surface area contributed by atoms with E-state index in [9.17, 15) is 4.79 Å². The Bertz CT molecular complexity index is 714. The van der Waals surface area contributed by atoms with E-state index in [1.165, 1.54) is 3.57 Å². The predicted octanol–water partition coefficient (Wildman–Crippen LogP) is 4.63. The Morgan fingerprint density at radius 3 is 2.09 bits per heavy atom. The minimum Gasteiger partial charge on any atom is -0.747 e. The molecule has 116 valence electrons. The molecule has 3 rings (SSSR count). The zero-order valence-corrected chi connectivity index (χ0v) is 14.9. The van der Waals surface area contributed by atoms with Gasteiger partial charge in [-0.25, -0.2) is 0 Å². The maximum atomic E-state index is 10.4. The SMILES string of the molecule is I[c-]1[cH-][cH-][cH-][cH-]1.O=Cc1ccc(C#C[c-]2cccc2)cc1.[Fe]. The van der Waals surface area contributed by atoms with Gasteiger partial charge in [0.05, 0.1) is 0 Å². The number of benzene rings is 1. The molecule has 3 heteroatoms. The third-order valence-corrected chi connectivity index (χ3v) is 3.40. The molecule has 0 amide bonds. The van der Waals surface area contributed by atoms with Crippen LogP contribution in [0.15, 0.2) is 72.8 Å². The monoisotopic (exact) mass is 440 g/mol. The van der Waals surface area contributed by atoms with Gasteiger partial charge in [-0.2, -0.15) is 24.0 Å². The molecule has 3 aromatic rings. The van der Waals surface area contributed by atoms with E-state index in [-0.39, 0.29) is 17.1 Å². The van der Waals surface area contributed by atoms with Gasteiger partial charge in [0.25, 0.3) is 0 Å². The van der Waals surface area contributed by atoms with Crippen molar-refractivity contribution < 1.29 is 21.9 Å². The van der Waals surface area contributed by atoms with Crippen LogP contribution in [-0.2, 0) is 17.1 Å². The Morgan fingerprint density at radius 2 is 1.64 bits per heavy atom. The number of aldehydes is 1. The summed E-state index contributed by atoms with van der Waals surface area (Å²) in [7, 11) is 0. The molecule has 0 atom stereocenters. The smallest absolute Gasteiger partial charge is 0.150 e. The zero-order valence-electron chi connectivity index (χ0n) is 11.6. The standard InChI is InChI=1S/C14H9O.C5H4I.Fe/c15-11-14-9-7-13(8-10-14)6-5-12-3-1-2-4-12;6-5-3-1-2-4-5;/h1-4,7-11H;1-4H;/q-1;-5;. The molecule has 0 unspecified atom stereocenters. The molecule has 0 aromatic heterocycles. The van der Waals surface area contributed by atoms with E-state index >= 15 is 0 Å². The molecule has 0 fully saturated rings. The fourth-order valence-corrected chi connectivity index (χ4v) is 2.01. The van der Waals surface area contributed by atoms with Crippen LogP contribution >= 0.6 is 22.6 Å². The molecule has 0 spiro atoms. The van der Waals surface area contributed by atoms with E-state index in [4.69, 9.17) is 0 Å². The van der Waals surface area contributed by atoms with Gasteiger partial charge in [-0.05, 0) is 5.56 Å². The second-order valence-corrected chi connectivity index (χ2v) is 5.51. The number of hydrogen-bond acceptors (Lipinski definition) is 1. The van der Waals surface area contributed by atoms with E-state index in [0.29, 0.717) is 5.56 Å². The van der Waals surface area contributed by atoms with E-state index < -0.39 is 0 Å². The largest absolute Gasteiger partial charge is 0.747 e. The first-order valence-corrected chi connectivity index (χ1v) is 7.52. The maximum absolute atomic E-state index is 10.4. The normalized spacial score (nSPS) is 8.59. The Balaban J connectivity index is 0.000000293. The molecule has 0 radical (unpaired) electrons. The molecule has 0 aliphatic rings. The first-order chi connectivity index (χ1) is 10.3. The van der Waals surface area contributed by atoms with Gasteiger partial charge in [-0.15, -0.1) is 12.1 Å². The maximum Gasteiger partial charge on any atom is 0.150 e. The van der Waals surface area contributed by atoms with Gasteiger partial charge in [0.15, 0.2) is 0 Å². The second kappa shape index (κ2) is 10.2. The van der Waals surface area contributed by atoms with Crippen LogP contribution in [-0.4, -0.2) is 6.29 Å². The van der Waals surface area contributed by atoms with E-state index in [1.54, 1.807) is 12.1 Å². The molecule has 0 bridgehead atoms. The van der Waals surface area contributed by atoms with Gasteiger partial charge < -0.3 is 50.4 Å². The molecule has 0 aliphatic carbocycles. The Kier molecular flexibility index (Phi) is 8.54. The van der Waals surface area contributed by atoms with Gasteiger partial charge >= 0.3 is 0 Å². The van der Waals surface area contributed by atoms with Crippen LogP contribution in [0.1, 0.15) is 21.5 Å². The number of rotatable bonds is 1. The predicted molar refractivity (Wildman–Crippen MR) is 94.6 cm³/mol. The summed E-state index contributed by atoms with van der Waals surface area (Å²) in [5.41, 5.74) is 2.60. The molecule has 0 saturated carbocycles. The van der Waals surface area contributed by atoms with Crippen molar-refractivity contribution in [2.24, 2.45) is 0 Å². The van der Waals surface area contributed by atoms with E-state index in [1.807, 2.05) is 48.5 Å². The Hall–Kier alpha value is -1.60. The minimum absolute atomic E-state index is 0. The van der Waals surface area contributed by atoms with Crippen LogP contribution in [0.4, 0.5) is 0 Å². The zero-order chi connectivity index (χ0) is 14.9. The molecule has 0 N–H and O–H groups in total. The Labute approximate surface area is 155 Å². The summed E-state index contributed by atoms with van der Waals surface area (Å²) in [6, 6.07) is 23.3. The van der Waals surface area contributed by atoms with Crippen molar-refractivity contribution in [2.75, 3.05) is 0 Å². The third kappa shape index (κ3) is 6.44. The van der Waals surface area contributed by atoms with Crippen molar-refractivity contribution in [2.45, 2.75) is 0 Å². The van der Waals surface area contributed by atoms with Crippen LogP contribution in [0, 0.1) is 15.4 Å². The van der Waals surface area contributed by atoms with Crippen LogP contribution in [0.5, 0.6) is 0 Å². The van der Waals surface area contributed by atoms with Gasteiger partial charge in [0, 0.05) is 22.6 Å². The first kappa shape index (κ1) is 18.4. The third-order valence-electron chi connectivity index (χ3n) is 2.68. The number of hydrogen-bond donors (Lipinski definition) is 0. The molecule has 3 aromatic carbocycles. The first-order valence-electron chi connectivity index (χ1n) is 6.44. The summed E-state index contributed by atoms with van der Waals surface area (Å²) in [5, 5.41) is 0. The van der Waals surface area contributed by atoms with Crippen LogP contribution in [0.25, 0.3) is 0 Å². The van der Waals surface area contributed by atoms with Crippen molar-refractivity contribution in [1.82, 2.24) is 0 Å². The van der Waals surface area contributed by atoms with E-state index in [0.717, 1.165) is 17.4 Å². The second-order valence-electron chi connectivity index (χ2n) is 4.27. The fourth-order valence-electron chi connectivity index (χ4n) is 1.60. The van der Waals surface area contributed by atoms with Crippen LogP contribution in [0.2, 0.25) is 0 Å². The molecule has 0 aliphatic heterocycles. The fraction of sp³-hybridized carbons (Fsp3) is 0. The van der Waals surface area contributed by atoms with Crippen LogP contribution in [0.3, 0.4) is 0 Å². The average molecular weight is 440 g/mol. The van der Waals surface area contributed by atoms with Crippen molar-refractivity contribution in [3.63, 3.8) is 0 Å². The molecule has 0 saturated heterocycles. The summed E-state index contributed by atoms with van der Waals surface area (Å²) in [5.74, 6) is 6.07. The number of carbonyl (C=O) groups excluding carboxylic acids is 1. The molecular weight excluding hydrogens is 427 g/mol. The van der Waals surface area contributed by atoms with Crippen LogP contribution < -0.4 is 0 Å². The van der Waals surface area contributed by atoms with Gasteiger partial charge in [0.2, 0.25) is 0 Å². The van der Waals surface area contributed by atoms with Crippen molar-refractivity contribution in [3.05, 3.63) is 93.1 Å². The van der Waals surface area contributed by atoms with Crippen molar-refractivity contribution in [3.8, 4) is 11.8 Å². The molecule has 0 heterocycles.